The first-order chi connectivity index (χ1) is 31.1. The van der Waals surface area contributed by atoms with Crippen molar-refractivity contribution in [1.82, 2.24) is 10.6 Å². The Hall–Kier alpha value is -2.44. The molecule has 0 bridgehead atoms. The zero-order valence-electron chi connectivity index (χ0n) is 44.4. The van der Waals surface area contributed by atoms with E-state index in [0.717, 1.165) is 116 Å². The van der Waals surface area contributed by atoms with Crippen molar-refractivity contribution in [2.75, 3.05) is 0 Å². The molecule has 8 saturated carbocycles. The molecule has 0 aromatic carbocycles. The molecule has 2 amide bonds. The topological polar surface area (TPSA) is 102 Å². The number of carbonyl (C=O) groups excluding carboxylic acids is 4. The van der Waals surface area contributed by atoms with Gasteiger partial charge in [0.1, 0.15) is 0 Å². The van der Waals surface area contributed by atoms with Gasteiger partial charge >= 0.3 is 11.9 Å². The average molecular weight is 921 g/mol. The zero-order chi connectivity index (χ0) is 48.5. The molecule has 18 atom stereocenters. The van der Waals surface area contributed by atoms with Gasteiger partial charge in [0.15, 0.2) is 0 Å². The normalized spacial score (nSPS) is 52.5. The second-order valence-electron chi connectivity index (χ2n) is 28.9. The lowest BCUT2D eigenvalue weighted by atomic mass is 9.33. The Bertz CT molecular complexity index is 2010. The molecule has 0 unspecified atom stereocenters. The molecule has 8 aliphatic carbocycles. The molecule has 7 heteroatoms. The fourth-order valence-corrected chi connectivity index (χ4v) is 22.9. The van der Waals surface area contributed by atoms with Crippen molar-refractivity contribution < 1.29 is 23.9 Å². The van der Waals surface area contributed by atoms with Crippen LogP contribution in [-0.2, 0) is 23.9 Å². The van der Waals surface area contributed by atoms with Crippen LogP contribution in [-0.4, -0.2) is 34.8 Å². The highest BCUT2D eigenvalue weighted by Crippen LogP contribution is 2.79. The monoisotopic (exact) mass is 921 g/mol. The first-order valence-electron chi connectivity index (χ1n) is 27.8. The van der Waals surface area contributed by atoms with Crippen molar-refractivity contribution in [2.45, 2.75) is 223 Å². The molecule has 10 aliphatic rings. The number of hydrogen-bond donors (Lipinski definition) is 2. The van der Waals surface area contributed by atoms with E-state index in [1.807, 2.05) is 0 Å². The molecule has 0 radical (unpaired) electrons. The van der Waals surface area contributed by atoms with Gasteiger partial charge < -0.3 is 15.4 Å². The second-order valence-corrected chi connectivity index (χ2v) is 28.9. The van der Waals surface area contributed by atoms with Crippen LogP contribution in [0.4, 0.5) is 0 Å². The van der Waals surface area contributed by atoms with Crippen molar-refractivity contribution in [3.05, 3.63) is 24.3 Å². The summed E-state index contributed by atoms with van der Waals surface area (Å²) in [6, 6.07) is 0. The van der Waals surface area contributed by atoms with E-state index < -0.39 is 10.8 Å². The number of amides is 2. The maximum Gasteiger partial charge on any atom is 0.320 e. The van der Waals surface area contributed by atoms with Crippen molar-refractivity contribution in [3.63, 3.8) is 0 Å². The summed E-state index contributed by atoms with van der Waals surface area (Å²) in [7, 11) is 0. The summed E-state index contributed by atoms with van der Waals surface area (Å²) in [5, 5.41) is 6.89. The van der Waals surface area contributed by atoms with E-state index in [9.17, 15) is 9.59 Å². The third kappa shape index (κ3) is 6.17. The van der Waals surface area contributed by atoms with Crippen LogP contribution in [0.25, 0.3) is 0 Å². The minimum atomic E-state index is -0.682. The SMILES string of the molecule is C=C(C)[C@@H]1CC[C@]2(C(=O)OC(=O)[C@]34CC[C@@H](C(=C)C)[C@@H]3[C@H]3CC[C@@H]5[C@@]6(C)CCC(=O)NC(C)(C)[C@@H]6CC[C@@]5(C)[C@]3(C)CC4)CC[C@]3(C)[C@H](CC[C@@H]4[C@@]5(C)CCC(=O)NC(C)(C)[C@@H]5CC[C@]43C)[C@@H]12. The summed E-state index contributed by atoms with van der Waals surface area (Å²) in [6.07, 6.45) is 18.9. The number of hydrogen-bond acceptors (Lipinski definition) is 5. The number of nitrogens with one attached hydrogen (secondary N) is 2. The molecule has 372 valence electrons. The summed E-state index contributed by atoms with van der Waals surface area (Å²) in [5.74, 6) is 3.21. The Morgan fingerprint density at radius 3 is 1.19 bits per heavy atom. The number of carbonyl (C=O) groups is 4. The Morgan fingerprint density at radius 2 is 0.836 bits per heavy atom. The molecule has 0 aromatic rings. The molecule has 0 spiro atoms. The van der Waals surface area contributed by atoms with Gasteiger partial charge in [-0.15, -0.1) is 0 Å². The Kier molecular flexibility index (Phi) is 10.8. The van der Waals surface area contributed by atoms with E-state index >= 15 is 9.59 Å². The maximum absolute atomic E-state index is 15.6. The van der Waals surface area contributed by atoms with Gasteiger partial charge in [0.25, 0.3) is 0 Å². The van der Waals surface area contributed by atoms with Crippen LogP contribution in [0, 0.1) is 102 Å². The largest absolute Gasteiger partial charge is 0.392 e. The van der Waals surface area contributed by atoms with E-state index in [1.54, 1.807) is 0 Å². The molecular formula is C60H92N2O5. The third-order valence-corrected chi connectivity index (χ3v) is 26.1. The van der Waals surface area contributed by atoms with Gasteiger partial charge in [0, 0.05) is 23.9 Å². The van der Waals surface area contributed by atoms with Crippen LogP contribution in [0.15, 0.2) is 24.3 Å². The molecule has 2 heterocycles. The smallest absolute Gasteiger partial charge is 0.320 e. The highest BCUT2D eigenvalue weighted by molar-refractivity contribution is 5.93. The van der Waals surface area contributed by atoms with Gasteiger partial charge in [0.2, 0.25) is 11.8 Å². The van der Waals surface area contributed by atoms with E-state index in [1.165, 1.54) is 11.1 Å². The van der Waals surface area contributed by atoms with E-state index in [2.05, 4.69) is 107 Å². The zero-order valence-corrected chi connectivity index (χ0v) is 44.4. The lowest BCUT2D eigenvalue weighted by molar-refractivity contribution is -0.233. The fraction of sp³-hybridized carbons (Fsp3) is 0.867. The number of rotatable bonds is 4. The quantitative estimate of drug-likeness (QED) is 0.166. The summed E-state index contributed by atoms with van der Waals surface area (Å²) < 4.78 is 6.74. The Morgan fingerprint density at radius 1 is 0.463 bits per heavy atom. The van der Waals surface area contributed by atoms with E-state index in [4.69, 9.17) is 4.74 Å². The van der Waals surface area contributed by atoms with Crippen LogP contribution in [0.1, 0.15) is 212 Å². The molecule has 10 fully saturated rings. The van der Waals surface area contributed by atoms with Gasteiger partial charge in [-0.2, -0.15) is 0 Å². The lowest BCUT2D eigenvalue weighted by Gasteiger charge is -2.71. The number of fused-ring (bicyclic) bond motifs is 14. The number of ether oxygens (including phenoxy) is 1. The average Bonchev–Trinajstić information content (AvgIpc) is 3.79. The summed E-state index contributed by atoms with van der Waals surface area (Å²) in [4.78, 5) is 57.6. The van der Waals surface area contributed by atoms with Crippen LogP contribution >= 0.6 is 0 Å². The van der Waals surface area contributed by atoms with E-state index in [0.29, 0.717) is 48.3 Å². The minimum Gasteiger partial charge on any atom is -0.392 e. The summed E-state index contributed by atoms with van der Waals surface area (Å²) >= 11 is 0. The highest BCUT2D eigenvalue weighted by atomic mass is 16.6. The van der Waals surface area contributed by atoms with Gasteiger partial charge in [-0.05, 0) is 249 Å². The van der Waals surface area contributed by atoms with Gasteiger partial charge in [-0.25, -0.2) is 0 Å². The number of esters is 2. The third-order valence-electron chi connectivity index (χ3n) is 26.1. The predicted octanol–water partition coefficient (Wildman–Crippen LogP) is 13.1. The lowest BCUT2D eigenvalue weighted by Crippen LogP contribution is -2.67. The standard InChI is InChI=1S/C60H92N2O5/c1-35(2)37-19-29-59(33-31-55(11)39(47(37)59)15-17-43-53(9)25-23-45(63)61-51(5,6)41(53)21-27-57(43,55)13)49(65)67-50(66)60-30-20-38(36(3)4)48(60)40-16-18-44-54(10)26-24-46(64)62-52(7,8)42(54)22-28-58(44,14)56(40,12)32-34-60/h37-44,47-48H,1,3,15-34H2,2,4-14H3,(H,61,63)(H,62,64)/t37-,38-,39+,40+,41-,42-,43+,44+,47+,48+,53-,54-,55+,56+,57+,58+,59-,60-/m0/s1. The van der Waals surface area contributed by atoms with Gasteiger partial charge in [-0.1, -0.05) is 65.8 Å². The number of allylic oxidation sites excluding steroid dienone is 2. The van der Waals surface area contributed by atoms with Crippen LogP contribution in [0.5, 0.6) is 0 Å². The Balaban J connectivity index is 0.949. The van der Waals surface area contributed by atoms with E-state index in [-0.39, 0.29) is 91.0 Å². The van der Waals surface area contributed by atoms with Crippen LogP contribution < -0.4 is 10.6 Å². The molecule has 2 aliphatic heterocycles. The van der Waals surface area contributed by atoms with Crippen LogP contribution in [0.2, 0.25) is 0 Å². The second kappa shape index (κ2) is 15.1. The van der Waals surface area contributed by atoms with Gasteiger partial charge in [0.05, 0.1) is 10.8 Å². The highest BCUT2D eigenvalue weighted by Gasteiger charge is 2.75. The molecule has 7 nitrogen and oxygen atoms in total. The maximum atomic E-state index is 15.6. The molecule has 67 heavy (non-hydrogen) atoms. The van der Waals surface area contributed by atoms with Crippen molar-refractivity contribution >= 4 is 23.8 Å². The molecular weight excluding hydrogens is 829 g/mol. The summed E-state index contributed by atoms with van der Waals surface area (Å²) in [6.45, 7) is 38.2. The summed E-state index contributed by atoms with van der Waals surface area (Å²) in [5.41, 5.74) is 0.833. The van der Waals surface area contributed by atoms with Crippen molar-refractivity contribution in [3.8, 4) is 0 Å². The van der Waals surface area contributed by atoms with Crippen molar-refractivity contribution in [1.29, 1.82) is 0 Å². The Labute approximate surface area is 406 Å². The molecule has 2 N–H and O–H groups in total. The first-order valence-corrected chi connectivity index (χ1v) is 27.8. The predicted molar refractivity (Wildman–Crippen MR) is 266 cm³/mol. The molecule has 10 rings (SSSR count). The molecule has 2 saturated heterocycles. The van der Waals surface area contributed by atoms with Gasteiger partial charge in [-0.3, -0.25) is 19.2 Å². The van der Waals surface area contributed by atoms with Crippen molar-refractivity contribution in [2.24, 2.45) is 102 Å². The first kappa shape index (κ1) is 48.2. The fourth-order valence-electron chi connectivity index (χ4n) is 22.9. The minimum absolute atomic E-state index is 0.0236. The van der Waals surface area contributed by atoms with Crippen LogP contribution in [0.3, 0.4) is 0 Å². The molecule has 0 aromatic heterocycles.